The Labute approximate surface area is 79.8 Å². The molecule has 0 radical (unpaired) electrons. The van der Waals surface area contributed by atoms with Crippen molar-refractivity contribution >= 4 is 18.0 Å². The second kappa shape index (κ2) is 4.04. The average molecular weight is 173 g/mol. The number of benzene rings is 1. The Kier molecular flexibility index (Phi) is 3.02. The smallest absolute Gasteiger partial charge is 0.0702 e. The zero-order chi connectivity index (χ0) is 9.84. The Morgan fingerprint density at radius 2 is 2.00 bits per heavy atom. The van der Waals surface area contributed by atoms with E-state index in [1.165, 1.54) is 11.1 Å². The van der Waals surface area contributed by atoms with Crippen LogP contribution in [0.4, 0.5) is 5.69 Å². The molecule has 0 saturated heterocycles. The zero-order valence-electron chi connectivity index (χ0n) is 8.46. The van der Waals surface area contributed by atoms with E-state index in [9.17, 15) is 0 Å². The lowest BCUT2D eigenvalue weighted by molar-refractivity contribution is 1.34. The lowest BCUT2D eigenvalue weighted by atomic mass is 10.0. The summed E-state index contributed by atoms with van der Waals surface area (Å²) in [7, 11) is 0. The molecule has 1 nitrogen and oxygen atoms in total. The predicted molar refractivity (Wildman–Crippen MR) is 59.8 cm³/mol. The summed E-state index contributed by atoms with van der Waals surface area (Å²) in [5, 5.41) is 0. The molecule has 0 atom stereocenters. The summed E-state index contributed by atoms with van der Waals surface area (Å²) >= 11 is 0. The molecule has 1 heteroatoms. The highest BCUT2D eigenvalue weighted by atomic mass is 14.7. The summed E-state index contributed by atoms with van der Waals surface area (Å²) in [6.45, 7) is 9.87. The number of hydrogen-bond acceptors (Lipinski definition) is 1. The molecule has 0 aliphatic carbocycles. The van der Waals surface area contributed by atoms with Gasteiger partial charge in [0.15, 0.2) is 0 Å². The van der Waals surface area contributed by atoms with E-state index in [0.29, 0.717) is 0 Å². The van der Waals surface area contributed by atoms with Gasteiger partial charge in [-0.1, -0.05) is 18.7 Å². The van der Waals surface area contributed by atoms with Crippen LogP contribution >= 0.6 is 0 Å². The molecule has 68 valence electrons. The fourth-order valence-electron chi connectivity index (χ4n) is 1.47. The van der Waals surface area contributed by atoms with E-state index < -0.39 is 0 Å². The maximum atomic E-state index is 4.30. The summed E-state index contributed by atoms with van der Waals surface area (Å²) in [6, 6.07) is 4.22. The summed E-state index contributed by atoms with van der Waals surface area (Å²) in [4.78, 5) is 4.30. The molecular formula is C12H15N. The minimum absolute atomic E-state index is 1.01. The van der Waals surface area contributed by atoms with Crippen molar-refractivity contribution < 1.29 is 0 Å². The van der Waals surface area contributed by atoms with E-state index >= 15 is 0 Å². The Hall–Kier alpha value is -1.37. The van der Waals surface area contributed by atoms with Crippen LogP contribution in [-0.2, 0) is 0 Å². The van der Waals surface area contributed by atoms with Gasteiger partial charge in [0, 0.05) is 11.8 Å². The normalized spacial score (nSPS) is 10.7. The molecule has 13 heavy (non-hydrogen) atoms. The van der Waals surface area contributed by atoms with Crippen LogP contribution in [-0.4, -0.2) is 6.21 Å². The fraction of sp³-hybridized carbons (Fsp3) is 0.250. The summed E-state index contributed by atoms with van der Waals surface area (Å²) in [5.41, 5.74) is 4.61. The summed E-state index contributed by atoms with van der Waals surface area (Å²) in [5.74, 6) is 0. The van der Waals surface area contributed by atoms with E-state index in [0.717, 1.165) is 11.3 Å². The fourth-order valence-corrected chi connectivity index (χ4v) is 1.47. The molecule has 0 aliphatic rings. The van der Waals surface area contributed by atoms with Gasteiger partial charge in [-0.05, 0) is 38.0 Å². The van der Waals surface area contributed by atoms with Gasteiger partial charge in [0.25, 0.3) is 0 Å². The van der Waals surface area contributed by atoms with Crippen LogP contribution in [0.5, 0.6) is 0 Å². The van der Waals surface area contributed by atoms with Crippen molar-refractivity contribution in [3.63, 3.8) is 0 Å². The van der Waals surface area contributed by atoms with E-state index in [2.05, 4.69) is 37.6 Å². The van der Waals surface area contributed by atoms with Gasteiger partial charge in [-0.3, -0.25) is 4.99 Å². The van der Waals surface area contributed by atoms with Crippen molar-refractivity contribution in [1.82, 2.24) is 0 Å². The predicted octanol–water partition coefficient (Wildman–Crippen LogP) is 3.67. The molecule has 0 unspecified atom stereocenters. The molecule has 0 N–H and O–H groups in total. The van der Waals surface area contributed by atoms with Crippen molar-refractivity contribution in [2.75, 3.05) is 0 Å². The van der Waals surface area contributed by atoms with E-state index in [1.807, 2.05) is 13.0 Å². The molecule has 0 spiro atoms. The van der Waals surface area contributed by atoms with E-state index in [-0.39, 0.29) is 0 Å². The molecule has 0 fully saturated rings. The Morgan fingerprint density at radius 3 is 2.54 bits per heavy atom. The van der Waals surface area contributed by atoms with Crippen LogP contribution in [0.2, 0.25) is 0 Å². The topological polar surface area (TPSA) is 12.4 Å². The first-order valence-electron chi connectivity index (χ1n) is 4.41. The van der Waals surface area contributed by atoms with Gasteiger partial charge in [-0.2, -0.15) is 0 Å². The molecule has 0 aliphatic heterocycles. The SMILES string of the molecule is C=Cc1c(C)cc(C)cc1N=CC. The number of hydrogen-bond donors (Lipinski definition) is 0. The molecule has 1 aromatic carbocycles. The maximum Gasteiger partial charge on any atom is 0.0702 e. The molecule has 0 heterocycles. The molecule has 0 saturated carbocycles. The molecule has 0 amide bonds. The monoisotopic (exact) mass is 173 g/mol. The highest BCUT2D eigenvalue weighted by Crippen LogP contribution is 2.25. The quantitative estimate of drug-likeness (QED) is 0.605. The molecule has 0 bridgehead atoms. The highest BCUT2D eigenvalue weighted by Gasteiger charge is 2.01. The number of nitrogens with zero attached hydrogens (tertiary/aromatic N) is 1. The van der Waals surface area contributed by atoms with Crippen LogP contribution in [0, 0.1) is 13.8 Å². The zero-order valence-corrected chi connectivity index (χ0v) is 8.46. The molecular weight excluding hydrogens is 158 g/mol. The van der Waals surface area contributed by atoms with Gasteiger partial charge in [0.1, 0.15) is 0 Å². The standard InChI is InChI=1S/C12H15N/c1-5-11-10(4)7-9(3)8-12(11)13-6-2/h5-8H,1H2,2-4H3. The Balaban J connectivity index is 3.37. The minimum Gasteiger partial charge on any atom is -0.261 e. The van der Waals surface area contributed by atoms with Crippen LogP contribution < -0.4 is 0 Å². The van der Waals surface area contributed by atoms with Crippen LogP contribution in [0.3, 0.4) is 0 Å². The first-order valence-corrected chi connectivity index (χ1v) is 4.41. The second-order valence-corrected chi connectivity index (χ2v) is 3.11. The lowest BCUT2D eigenvalue weighted by Gasteiger charge is -2.06. The Bertz CT molecular complexity index is 348. The van der Waals surface area contributed by atoms with Gasteiger partial charge in [-0.25, -0.2) is 0 Å². The largest absolute Gasteiger partial charge is 0.261 e. The molecule has 1 rings (SSSR count). The van der Waals surface area contributed by atoms with Gasteiger partial charge < -0.3 is 0 Å². The highest BCUT2D eigenvalue weighted by molar-refractivity contribution is 5.71. The third-order valence-corrected chi connectivity index (χ3v) is 1.98. The van der Waals surface area contributed by atoms with E-state index in [1.54, 1.807) is 6.21 Å². The van der Waals surface area contributed by atoms with Crippen molar-refractivity contribution in [2.45, 2.75) is 20.8 Å². The van der Waals surface area contributed by atoms with Gasteiger partial charge in [0.05, 0.1) is 5.69 Å². The van der Waals surface area contributed by atoms with Crippen LogP contribution in [0.1, 0.15) is 23.6 Å². The van der Waals surface area contributed by atoms with Crippen molar-refractivity contribution in [2.24, 2.45) is 4.99 Å². The van der Waals surface area contributed by atoms with Gasteiger partial charge in [-0.15, -0.1) is 0 Å². The first kappa shape index (κ1) is 9.72. The third kappa shape index (κ3) is 2.05. The number of aryl methyl sites for hydroxylation is 2. The van der Waals surface area contributed by atoms with Gasteiger partial charge >= 0.3 is 0 Å². The number of aliphatic imine (C=N–C) groups is 1. The number of rotatable bonds is 2. The van der Waals surface area contributed by atoms with E-state index in [4.69, 9.17) is 0 Å². The Morgan fingerprint density at radius 1 is 1.31 bits per heavy atom. The second-order valence-electron chi connectivity index (χ2n) is 3.11. The van der Waals surface area contributed by atoms with Crippen molar-refractivity contribution in [3.8, 4) is 0 Å². The molecule has 1 aromatic rings. The maximum absolute atomic E-state index is 4.30. The first-order chi connectivity index (χ1) is 6.19. The lowest BCUT2D eigenvalue weighted by Crippen LogP contribution is -1.84. The van der Waals surface area contributed by atoms with Crippen molar-refractivity contribution in [3.05, 3.63) is 35.4 Å². The minimum atomic E-state index is 1.01. The summed E-state index contributed by atoms with van der Waals surface area (Å²) < 4.78 is 0. The third-order valence-electron chi connectivity index (χ3n) is 1.98. The average Bonchev–Trinajstić information content (AvgIpc) is 2.04. The van der Waals surface area contributed by atoms with Crippen molar-refractivity contribution in [1.29, 1.82) is 0 Å². The van der Waals surface area contributed by atoms with Gasteiger partial charge in [0.2, 0.25) is 0 Å². The molecule has 0 aromatic heterocycles. The summed E-state index contributed by atoms with van der Waals surface area (Å²) in [6.07, 6.45) is 3.66. The van der Waals surface area contributed by atoms with Crippen LogP contribution in [0.25, 0.3) is 6.08 Å². The van der Waals surface area contributed by atoms with Crippen LogP contribution in [0.15, 0.2) is 23.7 Å².